The predicted molar refractivity (Wildman–Crippen MR) is 90.2 cm³/mol. The van der Waals surface area contributed by atoms with Crippen molar-refractivity contribution in [2.24, 2.45) is 0 Å². The SMILES string of the molecule is COC(=O)CN1C(=O)Nc2ccc(Br)cc2[C@@H]1c1ccccc1. The molecule has 0 bridgehead atoms. The Morgan fingerprint density at radius 2 is 2.00 bits per heavy atom. The quantitative estimate of drug-likeness (QED) is 0.835. The van der Waals surface area contributed by atoms with Gasteiger partial charge >= 0.3 is 12.0 Å². The van der Waals surface area contributed by atoms with Gasteiger partial charge in [0, 0.05) is 15.7 Å². The van der Waals surface area contributed by atoms with Crippen LogP contribution in [0.1, 0.15) is 17.2 Å². The smallest absolute Gasteiger partial charge is 0.325 e. The summed E-state index contributed by atoms with van der Waals surface area (Å²) in [4.78, 5) is 25.7. The molecule has 23 heavy (non-hydrogen) atoms. The summed E-state index contributed by atoms with van der Waals surface area (Å²) in [6.45, 7) is -0.117. The second-order valence-corrected chi connectivity index (χ2v) is 6.09. The molecule has 0 radical (unpaired) electrons. The minimum Gasteiger partial charge on any atom is -0.468 e. The third-order valence-electron chi connectivity index (χ3n) is 3.76. The normalized spacial score (nSPS) is 16.5. The number of amides is 2. The summed E-state index contributed by atoms with van der Waals surface area (Å²) in [6.07, 6.45) is 0. The zero-order valence-electron chi connectivity index (χ0n) is 12.5. The molecule has 0 spiro atoms. The van der Waals surface area contributed by atoms with Gasteiger partial charge in [-0.1, -0.05) is 46.3 Å². The Bertz CT molecular complexity index is 749. The van der Waals surface area contributed by atoms with Crippen LogP contribution in [0.2, 0.25) is 0 Å². The minimum absolute atomic E-state index is 0.117. The van der Waals surface area contributed by atoms with Crippen molar-refractivity contribution in [1.29, 1.82) is 0 Å². The first-order valence-electron chi connectivity index (χ1n) is 7.09. The van der Waals surface area contributed by atoms with Gasteiger partial charge in [0.15, 0.2) is 0 Å². The van der Waals surface area contributed by atoms with E-state index in [-0.39, 0.29) is 18.6 Å². The predicted octanol–water partition coefficient (Wildman–Crippen LogP) is 3.56. The lowest BCUT2D eigenvalue weighted by molar-refractivity contribution is -0.141. The van der Waals surface area contributed by atoms with Gasteiger partial charge in [0.2, 0.25) is 0 Å². The Hall–Kier alpha value is -2.34. The van der Waals surface area contributed by atoms with Crippen LogP contribution in [0.25, 0.3) is 0 Å². The zero-order valence-corrected chi connectivity index (χ0v) is 14.0. The molecule has 1 atom stereocenters. The van der Waals surface area contributed by atoms with E-state index in [1.54, 1.807) is 0 Å². The molecule has 118 valence electrons. The maximum atomic E-state index is 12.5. The second-order valence-electron chi connectivity index (χ2n) is 5.18. The number of nitrogens with one attached hydrogen (secondary N) is 1. The summed E-state index contributed by atoms with van der Waals surface area (Å²) in [6, 6.07) is 14.6. The first kappa shape index (κ1) is 15.6. The lowest BCUT2D eigenvalue weighted by Crippen LogP contribution is -2.45. The number of urea groups is 1. The summed E-state index contributed by atoms with van der Waals surface area (Å²) >= 11 is 3.47. The molecule has 0 fully saturated rings. The number of nitrogens with zero attached hydrogens (tertiary/aromatic N) is 1. The first-order chi connectivity index (χ1) is 11.1. The number of rotatable bonds is 3. The van der Waals surface area contributed by atoms with Gasteiger partial charge in [0.1, 0.15) is 6.54 Å². The summed E-state index contributed by atoms with van der Waals surface area (Å²) in [5, 5.41) is 2.82. The summed E-state index contributed by atoms with van der Waals surface area (Å²) in [5.74, 6) is -0.459. The highest BCUT2D eigenvalue weighted by Gasteiger charge is 2.35. The van der Waals surface area contributed by atoms with Crippen LogP contribution in [0.5, 0.6) is 0 Å². The molecule has 0 aliphatic carbocycles. The Morgan fingerprint density at radius 1 is 1.26 bits per heavy atom. The average molecular weight is 375 g/mol. The van der Waals surface area contributed by atoms with Crippen molar-refractivity contribution in [3.63, 3.8) is 0 Å². The van der Waals surface area contributed by atoms with Gasteiger partial charge in [0.25, 0.3) is 0 Å². The molecule has 0 saturated carbocycles. The van der Waals surface area contributed by atoms with E-state index in [0.29, 0.717) is 0 Å². The van der Waals surface area contributed by atoms with E-state index in [9.17, 15) is 9.59 Å². The number of anilines is 1. The van der Waals surface area contributed by atoms with Crippen molar-refractivity contribution in [3.05, 3.63) is 64.1 Å². The third kappa shape index (κ3) is 3.07. The third-order valence-corrected chi connectivity index (χ3v) is 4.26. The van der Waals surface area contributed by atoms with Crippen molar-refractivity contribution in [3.8, 4) is 0 Å². The van der Waals surface area contributed by atoms with Gasteiger partial charge in [-0.2, -0.15) is 0 Å². The fourth-order valence-electron chi connectivity index (χ4n) is 2.71. The van der Waals surface area contributed by atoms with Gasteiger partial charge in [-0.3, -0.25) is 4.79 Å². The molecule has 2 aromatic rings. The number of halogens is 1. The molecule has 0 aromatic heterocycles. The highest BCUT2D eigenvalue weighted by Crippen LogP contribution is 2.38. The van der Waals surface area contributed by atoms with Crippen molar-refractivity contribution in [2.45, 2.75) is 6.04 Å². The van der Waals surface area contributed by atoms with E-state index < -0.39 is 5.97 Å². The van der Waals surface area contributed by atoms with Crippen LogP contribution in [0.4, 0.5) is 10.5 Å². The lowest BCUT2D eigenvalue weighted by atomic mass is 9.94. The van der Waals surface area contributed by atoms with Gasteiger partial charge in [-0.05, 0) is 23.8 Å². The van der Waals surface area contributed by atoms with Crippen molar-refractivity contribution < 1.29 is 14.3 Å². The Kier molecular flexibility index (Phi) is 4.34. The molecule has 3 rings (SSSR count). The van der Waals surface area contributed by atoms with Gasteiger partial charge < -0.3 is 15.0 Å². The van der Waals surface area contributed by atoms with Crippen molar-refractivity contribution >= 4 is 33.6 Å². The number of fused-ring (bicyclic) bond motifs is 1. The first-order valence-corrected chi connectivity index (χ1v) is 7.88. The highest BCUT2D eigenvalue weighted by atomic mass is 79.9. The molecular weight excluding hydrogens is 360 g/mol. The highest BCUT2D eigenvalue weighted by molar-refractivity contribution is 9.10. The molecule has 1 aliphatic heterocycles. The van der Waals surface area contributed by atoms with Gasteiger partial charge in [-0.15, -0.1) is 0 Å². The second kappa shape index (κ2) is 6.42. The maximum Gasteiger partial charge on any atom is 0.325 e. The zero-order chi connectivity index (χ0) is 16.4. The molecule has 1 N–H and O–H groups in total. The lowest BCUT2D eigenvalue weighted by Gasteiger charge is -2.37. The van der Waals surface area contributed by atoms with Crippen LogP contribution in [0.15, 0.2) is 53.0 Å². The van der Waals surface area contributed by atoms with Gasteiger partial charge in [-0.25, -0.2) is 4.79 Å². The molecule has 1 heterocycles. The average Bonchev–Trinajstić information content (AvgIpc) is 2.56. The van der Waals surface area contributed by atoms with Crippen LogP contribution in [0, 0.1) is 0 Å². The molecule has 0 unspecified atom stereocenters. The van der Waals surface area contributed by atoms with Crippen LogP contribution in [-0.4, -0.2) is 30.6 Å². The number of ether oxygens (including phenoxy) is 1. The van der Waals surface area contributed by atoms with E-state index in [2.05, 4.69) is 21.2 Å². The Balaban J connectivity index is 2.12. The number of carbonyl (C=O) groups is 2. The van der Waals surface area contributed by atoms with Crippen molar-refractivity contribution in [1.82, 2.24) is 4.90 Å². The number of hydrogen-bond acceptors (Lipinski definition) is 3. The van der Waals surface area contributed by atoms with Crippen LogP contribution in [-0.2, 0) is 9.53 Å². The fraction of sp³-hybridized carbons (Fsp3) is 0.176. The standard InChI is InChI=1S/C17H15BrN2O3/c1-23-15(21)10-20-16(11-5-3-2-4-6-11)13-9-12(18)7-8-14(13)19-17(20)22/h2-9,16H,10H2,1H3,(H,19,22)/t16-/m0/s1. The van der Waals surface area contributed by atoms with E-state index in [1.807, 2.05) is 48.5 Å². The van der Waals surface area contributed by atoms with Crippen LogP contribution >= 0.6 is 15.9 Å². The Morgan fingerprint density at radius 3 is 2.70 bits per heavy atom. The number of carbonyl (C=O) groups excluding carboxylic acids is 2. The molecule has 0 saturated heterocycles. The van der Waals surface area contributed by atoms with Gasteiger partial charge in [0.05, 0.1) is 13.2 Å². The topological polar surface area (TPSA) is 58.6 Å². The minimum atomic E-state index is -0.459. The molecule has 5 nitrogen and oxygen atoms in total. The number of benzene rings is 2. The molecule has 6 heteroatoms. The van der Waals surface area contributed by atoms with Crippen LogP contribution < -0.4 is 5.32 Å². The monoisotopic (exact) mass is 374 g/mol. The molecule has 2 amide bonds. The molecule has 1 aliphatic rings. The van der Waals surface area contributed by atoms with E-state index in [4.69, 9.17) is 4.74 Å². The van der Waals surface area contributed by atoms with Crippen molar-refractivity contribution in [2.75, 3.05) is 19.0 Å². The van der Waals surface area contributed by atoms with Crippen LogP contribution in [0.3, 0.4) is 0 Å². The van der Waals surface area contributed by atoms with E-state index >= 15 is 0 Å². The number of methoxy groups -OCH3 is 1. The largest absolute Gasteiger partial charge is 0.468 e. The fourth-order valence-corrected chi connectivity index (χ4v) is 3.09. The van der Waals surface area contributed by atoms with E-state index in [1.165, 1.54) is 12.0 Å². The molecular formula is C17H15BrN2O3. The molecule has 2 aromatic carbocycles. The maximum absolute atomic E-state index is 12.5. The summed E-state index contributed by atoms with van der Waals surface area (Å²) < 4.78 is 5.64. The summed E-state index contributed by atoms with van der Waals surface area (Å²) in [5.41, 5.74) is 2.60. The number of esters is 1. The Labute approximate surface area is 142 Å². The number of hydrogen-bond donors (Lipinski definition) is 1. The van der Waals surface area contributed by atoms with E-state index in [0.717, 1.165) is 21.3 Å². The summed E-state index contributed by atoms with van der Waals surface area (Å²) in [7, 11) is 1.31.